The Morgan fingerprint density at radius 3 is 1.90 bits per heavy atom. The number of hydrogen-bond donors (Lipinski definition) is 1. The molecule has 1 N–H and O–H groups in total. The van der Waals surface area contributed by atoms with Gasteiger partial charge in [0.1, 0.15) is 0 Å². The summed E-state index contributed by atoms with van der Waals surface area (Å²) >= 11 is 0. The van der Waals surface area contributed by atoms with Crippen molar-refractivity contribution in [2.24, 2.45) is 11.3 Å². The molecule has 0 aromatic carbocycles. The summed E-state index contributed by atoms with van der Waals surface area (Å²) in [5, 5.41) is 18.0. The molecule has 0 aliphatic carbocycles. The van der Waals surface area contributed by atoms with E-state index in [-0.39, 0.29) is 5.92 Å². The van der Waals surface area contributed by atoms with Crippen LogP contribution in [0.2, 0.25) is 0 Å². The van der Waals surface area contributed by atoms with Crippen LogP contribution >= 0.6 is 0 Å². The molecule has 0 unspecified atom stereocenters. The summed E-state index contributed by atoms with van der Waals surface area (Å²) in [5.74, 6) is 0.148. The van der Waals surface area contributed by atoms with Gasteiger partial charge in [0.15, 0.2) is 0 Å². The fourth-order valence-corrected chi connectivity index (χ4v) is 0.899. The third-order valence-corrected chi connectivity index (χ3v) is 1.66. The predicted octanol–water partition coefficient (Wildman–Crippen LogP) is 1.55. The highest BCUT2D eigenvalue weighted by Gasteiger charge is 2.29. The third kappa shape index (κ3) is 2.00. The fourth-order valence-electron chi connectivity index (χ4n) is 0.899. The first-order chi connectivity index (χ1) is 4.41. The van der Waals surface area contributed by atoms with E-state index in [4.69, 9.17) is 5.26 Å². The van der Waals surface area contributed by atoms with Crippen molar-refractivity contribution in [1.29, 1.82) is 5.26 Å². The lowest BCUT2D eigenvalue weighted by atomic mass is 9.82. The number of aliphatic hydroxyl groups is 1. The van der Waals surface area contributed by atoms with Gasteiger partial charge in [0, 0.05) is 0 Å². The van der Waals surface area contributed by atoms with Crippen LogP contribution in [0.15, 0.2) is 0 Å². The minimum atomic E-state index is -0.617. The van der Waals surface area contributed by atoms with Crippen molar-refractivity contribution in [1.82, 2.24) is 0 Å². The number of nitriles is 1. The molecule has 0 aliphatic rings. The molecule has 0 fully saturated rings. The fraction of sp³-hybridized carbons (Fsp3) is 0.875. The lowest BCUT2D eigenvalue weighted by molar-refractivity contribution is 0.0453. The van der Waals surface area contributed by atoms with Gasteiger partial charge >= 0.3 is 0 Å². The van der Waals surface area contributed by atoms with Crippen molar-refractivity contribution in [3.05, 3.63) is 0 Å². The molecule has 10 heavy (non-hydrogen) atoms. The van der Waals surface area contributed by atoms with Crippen LogP contribution in [-0.2, 0) is 0 Å². The Balaban J connectivity index is 4.22. The average molecular weight is 141 g/mol. The van der Waals surface area contributed by atoms with Gasteiger partial charge in [0.25, 0.3) is 0 Å². The zero-order chi connectivity index (χ0) is 8.36. The van der Waals surface area contributed by atoms with Gasteiger partial charge in [-0.05, 0) is 19.8 Å². The van der Waals surface area contributed by atoms with Gasteiger partial charge in [-0.15, -0.1) is 0 Å². The van der Waals surface area contributed by atoms with Crippen LogP contribution < -0.4 is 0 Å². The second kappa shape index (κ2) is 3.03. The highest BCUT2D eigenvalue weighted by Crippen LogP contribution is 2.24. The summed E-state index contributed by atoms with van der Waals surface area (Å²) in [5.41, 5.74) is -0.617. The van der Waals surface area contributed by atoms with Crippen molar-refractivity contribution in [2.75, 3.05) is 0 Å². The topological polar surface area (TPSA) is 44.0 Å². The summed E-state index contributed by atoms with van der Waals surface area (Å²) in [7, 11) is 0. The van der Waals surface area contributed by atoms with E-state index in [2.05, 4.69) is 6.07 Å². The van der Waals surface area contributed by atoms with E-state index in [0.717, 1.165) is 0 Å². The van der Waals surface area contributed by atoms with E-state index in [0.29, 0.717) is 0 Å². The molecule has 0 spiro atoms. The first-order valence-electron chi connectivity index (χ1n) is 3.51. The van der Waals surface area contributed by atoms with Crippen LogP contribution in [0.1, 0.15) is 27.7 Å². The third-order valence-electron chi connectivity index (χ3n) is 1.66. The zero-order valence-electron chi connectivity index (χ0n) is 7.05. The molecule has 2 heteroatoms. The maximum atomic E-state index is 9.43. The normalized spacial score (nSPS) is 14.9. The highest BCUT2D eigenvalue weighted by atomic mass is 16.3. The monoisotopic (exact) mass is 141 g/mol. The summed E-state index contributed by atoms with van der Waals surface area (Å²) in [6, 6.07) is 2.07. The standard InChI is InChI=1S/C8H15NO/c1-6(2)7(10)8(3,4)5-9/h6-7,10H,1-4H3/t7-/m1/s1. The van der Waals surface area contributed by atoms with Crippen LogP contribution in [-0.4, -0.2) is 11.2 Å². The van der Waals surface area contributed by atoms with E-state index >= 15 is 0 Å². The summed E-state index contributed by atoms with van der Waals surface area (Å²) in [4.78, 5) is 0. The second-order valence-corrected chi connectivity index (χ2v) is 3.52. The van der Waals surface area contributed by atoms with Gasteiger partial charge in [-0.2, -0.15) is 5.26 Å². The minimum Gasteiger partial charge on any atom is -0.391 e. The van der Waals surface area contributed by atoms with Crippen molar-refractivity contribution in [2.45, 2.75) is 33.8 Å². The van der Waals surface area contributed by atoms with Gasteiger partial charge in [-0.1, -0.05) is 13.8 Å². The number of aliphatic hydroxyl groups excluding tert-OH is 1. The number of nitrogens with zero attached hydrogens (tertiary/aromatic N) is 1. The molecule has 0 saturated heterocycles. The molecule has 0 amide bonds. The molecule has 0 bridgehead atoms. The molecule has 0 aliphatic heterocycles. The van der Waals surface area contributed by atoms with Crippen LogP contribution in [0, 0.1) is 22.7 Å². The zero-order valence-corrected chi connectivity index (χ0v) is 7.05. The van der Waals surface area contributed by atoms with Crippen molar-refractivity contribution >= 4 is 0 Å². The van der Waals surface area contributed by atoms with Crippen LogP contribution in [0.4, 0.5) is 0 Å². The average Bonchev–Trinajstić information content (AvgIpc) is 1.86. The van der Waals surface area contributed by atoms with Crippen molar-refractivity contribution in [3.8, 4) is 6.07 Å². The van der Waals surface area contributed by atoms with Gasteiger partial charge in [0.05, 0.1) is 17.6 Å². The summed E-state index contributed by atoms with van der Waals surface area (Å²) in [6.45, 7) is 7.31. The summed E-state index contributed by atoms with van der Waals surface area (Å²) in [6.07, 6.45) is -0.530. The van der Waals surface area contributed by atoms with Crippen LogP contribution in [0.25, 0.3) is 0 Å². The van der Waals surface area contributed by atoms with E-state index < -0.39 is 11.5 Å². The molecule has 0 saturated carbocycles. The van der Waals surface area contributed by atoms with E-state index in [1.165, 1.54) is 0 Å². The largest absolute Gasteiger partial charge is 0.391 e. The lowest BCUT2D eigenvalue weighted by Crippen LogP contribution is -2.32. The Labute approximate surface area is 62.5 Å². The SMILES string of the molecule is CC(C)[C@@H](O)C(C)(C)C#N. The number of hydrogen-bond acceptors (Lipinski definition) is 2. The number of rotatable bonds is 2. The molecule has 0 radical (unpaired) electrons. The van der Waals surface area contributed by atoms with E-state index in [1.54, 1.807) is 13.8 Å². The molecule has 0 aromatic heterocycles. The van der Waals surface area contributed by atoms with Gasteiger partial charge in [0.2, 0.25) is 0 Å². The van der Waals surface area contributed by atoms with E-state index in [1.807, 2.05) is 13.8 Å². The van der Waals surface area contributed by atoms with Gasteiger partial charge in [-0.3, -0.25) is 0 Å². The first kappa shape index (κ1) is 9.45. The second-order valence-electron chi connectivity index (χ2n) is 3.52. The molecule has 58 valence electrons. The molecule has 2 nitrogen and oxygen atoms in total. The Kier molecular flexibility index (Phi) is 2.86. The Morgan fingerprint density at radius 1 is 1.40 bits per heavy atom. The maximum absolute atomic E-state index is 9.43. The van der Waals surface area contributed by atoms with Crippen LogP contribution in [0.5, 0.6) is 0 Å². The lowest BCUT2D eigenvalue weighted by Gasteiger charge is -2.25. The molecule has 0 rings (SSSR count). The minimum absolute atomic E-state index is 0.148. The molecular weight excluding hydrogens is 126 g/mol. The smallest absolute Gasteiger partial charge is 0.0778 e. The highest BCUT2D eigenvalue weighted by molar-refractivity contribution is 4.97. The van der Waals surface area contributed by atoms with E-state index in [9.17, 15) is 5.11 Å². The van der Waals surface area contributed by atoms with Crippen LogP contribution in [0.3, 0.4) is 0 Å². The van der Waals surface area contributed by atoms with Gasteiger partial charge < -0.3 is 5.11 Å². The van der Waals surface area contributed by atoms with Crippen molar-refractivity contribution < 1.29 is 5.11 Å². The molecule has 0 aromatic rings. The Bertz CT molecular complexity index is 144. The predicted molar refractivity (Wildman–Crippen MR) is 40.2 cm³/mol. The van der Waals surface area contributed by atoms with Gasteiger partial charge in [-0.25, -0.2) is 0 Å². The first-order valence-corrected chi connectivity index (χ1v) is 3.51. The quantitative estimate of drug-likeness (QED) is 0.634. The summed E-state index contributed by atoms with van der Waals surface area (Å²) < 4.78 is 0. The molecule has 1 atom stereocenters. The maximum Gasteiger partial charge on any atom is 0.0778 e. The molecular formula is C8H15NO. The Hall–Kier alpha value is -0.550. The Morgan fingerprint density at radius 2 is 1.80 bits per heavy atom. The van der Waals surface area contributed by atoms with Crippen molar-refractivity contribution in [3.63, 3.8) is 0 Å². The molecule has 0 heterocycles.